The van der Waals surface area contributed by atoms with Crippen LogP contribution in [0.1, 0.15) is 44.9 Å². The van der Waals surface area contributed by atoms with Crippen molar-refractivity contribution < 1.29 is 19.1 Å². The summed E-state index contributed by atoms with van der Waals surface area (Å²) in [5.41, 5.74) is 1.67. The lowest BCUT2D eigenvalue weighted by Crippen LogP contribution is -2.55. The number of hydrogen-bond acceptors (Lipinski definition) is 5. The van der Waals surface area contributed by atoms with Crippen LogP contribution in [0.25, 0.3) is 0 Å². The van der Waals surface area contributed by atoms with E-state index in [1.807, 2.05) is 63.2 Å². The zero-order valence-corrected chi connectivity index (χ0v) is 22.2. The molecule has 4 rings (SSSR count). The molecule has 9 heteroatoms. The highest BCUT2D eigenvalue weighted by molar-refractivity contribution is 6.30. The fraction of sp³-hybridized carbons (Fsp3) is 0.444. The number of rotatable bonds is 5. The van der Waals surface area contributed by atoms with Crippen LogP contribution in [0, 0.1) is 0 Å². The van der Waals surface area contributed by atoms with E-state index in [9.17, 15) is 9.59 Å². The maximum Gasteiger partial charge on any atom is 0.326 e. The standard InChI is InChI=1S/C27H33ClN4O4/c1-17(2)36-24-16-22(35-5)10-11-23(24)26-29-18(3)25(20-6-8-21(28)9-7-20)32(26)27(34)31-14-12-30(13-15-31)19(4)33/h6-11,16-18,25H,12-15H2,1-5H3/t18?,25-/m1/s1. The highest BCUT2D eigenvalue weighted by Gasteiger charge is 2.42. The van der Waals surface area contributed by atoms with Crippen molar-refractivity contribution in [2.75, 3.05) is 33.3 Å². The van der Waals surface area contributed by atoms with E-state index >= 15 is 0 Å². The van der Waals surface area contributed by atoms with Crippen LogP contribution < -0.4 is 9.47 Å². The number of benzene rings is 2. The molecule has 2 aliphatic rings. The molecule has 2 atom stereocenters. The molecule has 2 heterocycles. The molecule has 0 spiro atoms. The number of amidine groups is 1. The van der Waals surface area contributed by atoms with Crippen LogP contribution in [0.4, 0.5) is 4.79 Å². The van der Waals surface area contributed by atoms with Crippen molar-refractivity contribution >= 4 is 29.4 Å². The first-order valence-corrected chi connectivity index (χ1v) is 12.6. The number of aliphatic imine (C=N–C) groups is 1. The lowest BCUT2D eigenvalue weighted by Gasteiger charge is -2.38. The average molecular weight is 513 g/mol. The monoisotopic (exact) mass is 512 g/mol. The molecule has 0 saturated carbocycles. The number of urea groups is 1. The molecule has 1 unspecified atom stereocenters. The Balaban J connectivity index is 1.75. The predicted molar refractivity (Wildman–Crippen MR) is 140 cm³/mol. The maximum atomic E-state index is 14.1. The first-order chi connectivity index (χ1) is 17.2. The first-order valence-electron chi connectivity index (χ1n) is 12.2. The van der Waals surface area contributed by atoms with Crippen LogP contribution >= 0.6 is 11.6 Å². The van der Waals surface area contributed by atoms with Crippen molar-refractivity contribution in [3.05, 3.63) is 58.6 Å². The second-order valence-corrected chi connectivity index (χ2v) is 9.80. The Morgan fingerprint density at radius 3 is 2.25 bits per heavy atom. The second-order valence-electron chi connectivity index (χ2n) is 9.36. The molecule has 0 bridgehead atoms. The Hall–Kier alpha value is -3.26. The van der Waals surface area contributed by atoms with E-state index in [0.717, 1.165) is 11.1 Å². The normalized spacial score (nSPS) is 20.0. The Kier molecular flexibility index (Phi) is 7.73. The van der Waals surface area contributed by atoms with Crippen molar-refractivity contribution in [3.63, 3.8) is 0 Å². The van der Waals surface area contributed by atoms with Gasteiger partial charge >= 0.3 is 6.03 Å². The summed E-state index contributed by atoms with van der Waals surface area (Å²) in [6.45, 7) is 9.41. The van der Waals surface area contributed by atoms with Gasteiger partial charge in [-0.15, -0.1) is 0 Å². The maximum absolute atomic E-state index is 14.1. The van der Waals surface area contributed by atoms with Crippen LogP contribution in [-0.2, 0) is 4.79 Å². The summed E-state index contributed by atoms with van der Waals surface area (Å²) in [7, 11) is 1.61. The molecule has 1 saturated heterocycles. The summed E-state index contributed by atoms with van der Waals surface area (Å²) in [5, 5.41) is 0.631. The van der Waals surface area contributed by atoms with Gasteiger partial charge < -0.3 is 19.3 Å². The Bertz CT molecular complexity index is 1140. The fourth-order valence-corrected chi connectivity index (χ4v) is 4.83. The first kappa shape index (κ1) is 25.8. The van der Waals surface area contributed by atoms with Crippen LogP contribution in [0.15, 0.2) is 47.5 Å². The average Bonchev–Trinajstić information content (AvgIpc) is 3.20. The van der Waals surface area contributed by atoms with Crippen molar-refractivity contribution in [1.29, 1.82) is 0 Å². The lowest BCUT2D eigenvalue weighted by molar-refractivity contribution is -0.130. The summed E-state index contributed by atoms with van der Waals surface area (Å²) < 4.78 is 11.6. The van der Waals surface area contributed by atoms with Gasteiger partial charge in [0.1, 0.15) is 17.3 Å². The highest BCUT2D eigenvalue weighted by atomic mass is 35.5. The van der Waals surface area contributed by atoms with Crippen molar-refractivity contribution in [1.82, 2.24) is 14.7 Å². The Morgan fingerprint density at radius 1 is 1.03 bits per heavy atom. The number of piperazine rings is 1. The number of halogens is 1. The Labute approximate surface area is 217 Å². The van der Waals surface area contributed by atoms with Crippen LogP contribution in [0.5, 0.6) is 11.5 Å². The quantitative estimate of drug-likeness (QED) is 0.586. The van der Waals surface area contributed by atoms with E-state index in [0.29, 0.717) is 48.5 Å². The van der Waals surface area contributed by atoms with Crippen molar-refractivity contribution in [2.45, 2.75) is 45.9 Å². The van der Waals surface area contributed by atoms with Gasteiger partial charge in [-0.2, -0.15) is 0 Å². The fourth-order valence-electron chi connectivity index (χ4n) is 4.70. The van der Waals surface area contributed by atoms with E-state index < -0.39 is 0 Å². The van der Waals surface area contributed by atoms with E-state index in [2.05, 4.69) is 0 Å². The summed E-state index contributed by atoms with van der Waals surface area (Å²) in [6.07, 6.45) is -0.0776. The number of carbonyl (C=O) groups excluding carboxylic acids is 2. The number of methoxy groups -OCH3 is 1. The highest BCUT2D eigenvalue weighted by Crippen LogP contribution is 2.38. The number of carbonyl (C=O) groups is 2. The van der Waals surface area contributed by atoms with Crippen molar-refractivity contribution in [3.8, 4) is 11.5 Å². The predicted octanol–water partition coefficient (Wildman–Crippen LogP) is 4.61. The van der Waals surface area contributed by atoms with Gasteiger partial charge in [-0.1, -0.05) is 23.7 Å². The smallest absolute Gasteiger partial charge is 0.326 e. The van der Waals surface area contributed by atoms with Gasteiger partial charge in [-0.3, -0.25) is 14.7 Å². The van der Waals surface area contributed by atoms with Crippen LogP contribution in [-0.4, -0.2) is 77.9 Å². The topological polar surface area (TPSA) is 74.7 Å². The lowest BCUT2D eigenvalue weighted by atomic mass is 10.00. The zero-order valence-electron chi connectivity index (χ0n) is 21.4. The zero-order chi connectivity index (χ0) is 26.0. The van der Waals surface area contributed by atoms with Gasteiger partial charge in [0.05, 0.1) is 30.9 Å². The number of hydrogen-bond donors (Lipinski definition) is 0. The largest absolute Gasteiger partial charge is 0.497 e. The molecule has 1 fully saturated rings. The van der Waals surface area contributed by atoms with E-state index in [1.165, 1.54) is 0 Å². The van der Waals surface area contributed by atoms with Crippen molar-refractivity contribution in [2.24, 2.45) is 4.99 Å². The van der Waals surface area contributed by atoms with Gasteiger partial charge in [-0.25, -0.2) is 4.79 Å². The number of nitrogens with zero attached hydrogens (tertiary/aromatic N) is 4. The summed E-state index contributed by atoms with van der Waals surface area (Å²) in [5.74, 6) is 1.84. The number of amides is 3. The SMILES string of the molecule is COc1ccc(C2=NC(C)[C@H](c3ccc(Cl)cc3)N2C(=O)N2CCN(C(C)=O)CC2)c(OC(C)C)c1. The van der Waals surface area contributed by atoms with E-state index in [4.69, 9.17) is 26.1 Å². The molecule has 0 aliphatic carbocycles. The molecule has 0 N–H and O–H groups in total. The minimum absolute atomic E-state index is 0.0203. The summed E-state index contributed by atoms with van der Waals surface area (Å²) in [4.78, 5) is 36.2. The molecule has 2 aromatic rings. The van der Waals surface area contributed by atoms with Gasteiger partial charge in [0, 0.05) is 44.2 Å². The molecule has 3 amide bonds. The second kappa shape index (κ2) is 10.8. The molecule has 0 aromatic heterocycles. The molecule has 2 aromatic carbocycles. The molecule has 0 radical (unpaired) electrons. The third-order valence-electron chi connectivity index (χ3n) is 6.49. The van der Waals surface area contributed by atoms with Gasteiger partial charge in [0.2, 0.25) is 5.91 Å². The molecule has 36 heavy (non-hydrogen) atoms. The molecular weight excluding hydrogens is 480 g/mol. The molecule has 8 nitrogen and oxygen atoms in total. The summed E-state index contributed by atoms with van der Waals surface area (Å²) in [6, 6.07) is 12.4. The molecule has 192 valence electrons. The third-order valence-corrected chi connectivity index (χ3v) is 6.75. The number of ether oxygens (including phenoxy) is 2. The third kappa shape index (κ3) is 5.28. The van der Waals surface area contributed by atoms with Gasteiger partial charge in [-0.05, 0) is 50.6 Å². The van der Waals surface area contributed by atoms with E-state index in [1.54, 1.807) is 28.7 Å². The van der Waals surface area contributed by atoms with Gasteiger partial charge in [0.25, 0.3) is 0 Å². The minimum atomic E-state index is -0.315. The molecule has 2 aliphatic heterocycles. The minimum Gasteiger partial charge on any atom is -0.497 e. The van der Waals surface area contributed by atoms with Crippen LogP contribution in [0.3, 0.4) is 0 Å². The molecular formula is C27H33ClN4O4. The summed E-state index contributed by atoms with van der Waals surface area (Å²) >= 11 is 6.16. The Morgan fingerprint density at radius 2 is 1.67 bits per heavy atom. The van der Waals surface area contributed by atoms with E-state index in [-0.39, 0.29) is 30.1 Å². The van der Waals surface area contributed by atoms with Gasteiger partial charge in [0.15, 0.2) is 0 Å². The van der Waals surface area contributed by atoms with Crippen LogP contribution in [0.2, 0.25) is 5.02 Å².